The standard InChI is InChI=1S/C42H35N3/c1-28-7-16-34(17-8-28)45(36-20-15-32-5-3-4-6-33(32)25-36)35-18-12-30(13-19-35)10-11-31-14-22-38-40(24-31)39-23-29(2)9-21-37(39)41(26-43)42(38)27-44/h7-8,10-20,22-25H,3-6,9,21H2,1-2H3. The third kappa shape index (κ3) is 5.43. The summed E-state index contributed by atoms with van der Waals surface area (Å²) >= 11 is 0. The molecule has 3 nitrogen and oxygen atoms in total. The fourth-order valence-electron chi connectivity index (χ4n) is 6.92. The van der Waals surface area contributed by atoms with Crippen LogP contribution in [0.15, 0.2) is 90.5 Å². The van der Waals surface area contributed by atoms with Crippen LogP contribution in [0.3, 0.4) is 0 Å². The number of hydrogen-bond donors (Lipinski definition) is 0. The maximum atomic E-state index is 9.96. The highest BCUT2D eigenvalue weighted by atomic mass is 15.1. The fourth-order valence-corrected chi connectivity index (χ4v) is 6.92. The van der Waals surface area contributed by atoms with Crippen molar-refractivity contribution in [2.45, 2.75) is 52.4 Å². The molecule has 2 aliphatic rings. The molecule has 0 aliphatic heterocycles. The quantitative estimate of drug-likeness (QED) is 0.194. The molecule has 218 valence electrons. The molecule has 0 bridgehead atoms. The third-order valence-corrected chi connectivity index (χ3v) is 9.37. The summed E-state index contributed by atoms with van der Waals surface area (Å²) in [5.74, 6) is 0. The number of benzene rings is 5. The van der Waals surface area contributed by atoms with Crippen LogP contribution in [0.25, 0.3) is 29.0 Å². The first-order chi connectivity index (χ1) is 22.0. The van der Waals surface area contributed by atoms with Crippen LogP contribution < -0.4 is 4.90 Å². The van der Waals surface area contributed by atoms with Gasteiger partial charge in [-0.2, -0.15) is 10.5 Å². The summed E-state index contributed by atoms with van der Waals surface area (Å²) in [5, 5.41) is 21.7. The van der Waals surface area contributed by atoms with Gasteiger partial charge in [0.1, 0.15) is 12.1 Å². The Bertz CT molecular complexity index is 2080. The average molecular weight is 582 g/mol. The largest absolute Gasteiger partial charge is 0.310 e. The predicted octanol–water partition coefficient (Wildman–Crippen LogP) is 10.8. The van der Waals surface area contributed by atoms with E-state index in [2.05, 4.69) is 122 Å². The lowest BCUT2D eigenvalue weighted by molar-refractivity contribution is 0.685. The molecule has 3 heteroatoms. The van der Waals surface area contributed by atoms with Gasteiger partial charge in [-0.15, -0.1) is 0 Å². The van der Waals surface area contributed by atoms with Gasteiger partial charge in [0.25, 0.3) is 0 Å². The summed E-state index contributed by atoms with van der Waals surface area (Å²) in [5.41, 5.74) is 14.3. The zero-order chi connectivity index (χ0) is 30.9. The molecular weight excluding hydrogens is 546 g/mol. The second-order valence-electron chi connectivity index (χ2n) is 12.4. The van der Waals surface area contributed by atoms with E-state index in [-0.39, 0.29) is 0 Å². The Morgan fingerprint density at radius 3 is 1.98 bits per heavy atom. The SMILES string of the molecule is CC1=Cc2c(c(C#N)c(C#N)c3ccc(C=Cc4ccc(N(c5ccc(C)cc5)c5ccc6c(c5)CCCC6)cc4)cc23)CC1. The van der Waals surface area contributed by atoms with E-state index < -0.39 is 0 Å². The molecule has 0 fully saturated rings. The molecule has 5 aromatic carbocycles. The van der Waals surface area contributed by atoms with E-state index >= 15 is 0 Å². The van der Waals surface area contributed by atoms with E-state index in [1.807, 2.05) is 12.1 Å². The predicted molar refractivity (Wildman–Crippen MR) is 187 cm³/mol. The molecule has 0 radical (unpaired) electrons. The van der Waals surface area contributed by atoms with Crippen LogP contribution in [-0.4, -0.2) is 0 Å². The van der Waals surface area contributed by atoms with E-state index in [1.54, 1.807) is 0 Å². The average Bonchev–Trinajstić information content (AvgIpc) is 3.08. The van der Waals surface area contributed by atoms with Crippen molar-refractivity contribution < 1.29 is 0 Å². The normalized spacial score (nSPS) is 13.9. The summed E-state index contributed by atoms with van der Waals surface area (Å²) in [4.78, 5) is 2.35. The Morgan fingerprint density at radius 2 is 1.24 bits per heavy atom. The number of nitrogens with zero attached hydrogens (tertiary/aromatic N) is 3. The van der Waals surface area contributed by atoms with Gasteiger partial charge in [-0.3, -0.25) is 0 Å². The van der Waals surface area contributed by atoms with Gasteiger partial charge < -0.3 is 4.90 Å². The summed E-state index contributed by atoms with van der Waals surface area (Å²) < 4.78 is 0. The highest BCUT2D eigenvalue weighted by Gasteiger charge is 2.21. The zero-order valence-electron chi connectivity index (χ0n) is 25.9. The fraction of sp³-hybridized carbons (Fsp3) is 0.190. The maximum Gasteiger partial charge on any atom is 0.101 e. The summed E-state index contributed by atoms with van der Waals surface area (Å²) in [7, 11) is 0. The van der Waals surface area contributed by atoms with Gasteiger partial charge in [-0.05, 0) is 134 Å². The molecule has 0 saturated heterocycles. The maximum absolute atomic E-state index is 9.96. The smallest absolute Gasteiger partial charge is 0.101 e. The van der Waals surface area contributed by atoms with Crippen molar-refractivity contribution in [3.63, 3.8) is 0 Å². The lowest BCUT2D eigenvalue weighted by atomic mass is 9.83. The first-order valence-corrected chi connectivity index (χ1v) is 15.9. The highest BCUT2D eigenvalue weighted by Crippen LogP contribution is 2.38. The van der Waals surface area contributed by atoms with Gasteiger partial charge in [-0.1, -0.05) is 71.8 Å². The summed E-state index contributed by atoms with van der Waals surface area (Å²) in [6.07, 6.45) is 13.1. The number of allylic oxidation sites excluding steroid dienone is 1. The van der Waals surface area contributed by atoms with E-state index in [9.17, 15) is 10.5 Å². The summed E-state index contributed by atoms with van der Waals surface area (Å²) in [6.45, 7) is 4.26. The van der Waals surface area contributed by atoms with Crippen LogP contribution in [-0.2, 0) is 19.3 Å². The zero-order valence-corrected chi connectivity index (χ0v) is 25.9. The molecule has 0 aromatic heterocycles. The van der Waals surface area contributed by atoms with Gasteiger partial charge in [0, 0.05) is 22.4 Å². The molecule has 45 heavy (non-hydrogen) atoms. The lowest BCUT2D eigenvalue weighted by Gasteiger charge is -2.27. The molecule has 0 amide bonds. The van der Waals surface area contributed by atoms with Crippen molar-refractivity contribution >= 4 is 46.1 Å². The van der Waals surface area contributed by atoms with Crippen LogP contribution in [0.1, 0.15) is 76.3 Å². The van der Waals surface area contributed by atoms with Crippen molar-refractivity contribution in [2.24, 2.45) is 0 Å². The Kier molecular flexibility index (Phi) is 7.54. The van der Waals surface area contributed by atoms with Gasteiger partial charge >= 0.3 is 0 Å². The first-order valence-electron chi connectivity index (χ1n) is 15.9. The summed E-state index contributed by atoms with van der Waals surface area (Å²) in [6, 6.07) is 35.3. The van der Waals surface area contributed by atoms with Crippen LogP contribution in [0.4, 0.5) is 17.1 Å². The minimum atomic E-state index is 0.488. The van der Waals surface area contributed by atoms with Crippen LogP contribution in [0.5, 0.6) is 0 Å². The molecular formula is C42H35N3. The van der Waals surface area contributed by atoms with Crippen molar-refractivity contribution in [2.75, 3.05) is 4.90 Å². The van der Waals surface area contributed by atoms with E-state index in [0.717, 1.165) is 63.7 Å². The Balaban J connectivity index is 1.22. The molecule has 0 spiro atoms. The molecule has 7 rings (SSSR count). The highest BCUT2D eigenvalue weighted by molar-refractivity contribution is 6.00. The van der Waals surface area contributed by atoms with E-state index in [0.29, 0.717) is 11.1 Å². The Morgan fingerprint density at radius 1 is 0.600 bits per heavy atom. The number of aryl methyl sites for hydroxylation is 3. The minimum absolute atomic E-state index is 0.488. The van der Waals surface area contributed by atoms with Gasteiger partial charge in [0.2, 0.25) is 0 Å². The second-order valence-corrected chi connectivity index (χ2v) is 12.4. The first kappa shape index (κ1) is 28.4. The molecule has 0 saturated carbocycles. The van der Waals surface area contributed by atoms with Gasteiger partial charge in [-0.25, -0.2) is 0 Å². The molecule has 0 atom stereocenters. The monoisotopic (exact) mass is 581 g/mol. The number of nitriles is 2. The third-order valence-electron chi connectivity index (χ3n) is 9.37. The van der Waals surface area contributed by atoms with Gasteiger partial charge in [0.05, 0.1) is 11.1 Å². The molecule has 0 N–H and O–H groups in total. The minimum Gasteiger partial charge on any atom is -0.310 e. The Hall–Kier alpha value is -5.38. The van der Waals surface area contributed by atoms with Crippen LogP contribution >= 0.6 is 0 Å². The van der Waals surface area contributed by atoms with Crippen molar-refractivity contribution in [1.29, 1.82) is 10.5 Å². The number of anilines is 3. The topological polar surface area (TPSA) is 50.8 Å². The van der Waals surface area contributed by atoms with E-state index in [1.165, 1.54) is 47.2 Å². The van der Waals surface area contributed by atoms with Crippen LogP contribution in [0.2, 0.25) is 0 Å². The van der Waals surface area contributed by atoms with Crippen molar-refractivity contribution in [3.8, 4) is 12.1 Å². The van der Waals surface area contributed by atoms with Crippen molar-refractivity contribution in [3.05, 3.63) is 141 Å². The number of fused-ring (bicyclic) bond motifs is 4. The lowest BCUT2D eigenvalue weighted by Crippen LogP contribution is -2.12. The van der Waals surface area contributed by atoms with Crippen molar-refractivity contribution in [1.82, 2.24) is 0 Å². The van der Waals surface area contributed by atoms with E-state index in [4.69, 9.17) is 0 Å². The molecule has 5 aromatic rings. The number of hydrogen-bond acceptors (Lipinski definition) is 3. The van der Waals surface area contributed by atoms with Crippen LogP contribution in [0, 0.1) is 29.6 Å². The molecule has 0 unspecified atom stereocenters. The number of rotatable bonds is 5. The van der Waals surface area contributed by atoms with Gasteiger partial charge in [0.15, 0.2) is 0 Å². The molecule has 0 heterocycles. The molecule has 2 aliphatic carbocycles. The second kappa shape index (κ2) is 12.0. The Labute approximate surface area is 266 Å².